The smallest absolute Gasteiger partial charge is 0.325 e. The minimum absolute atomic E-state index is 0.711. The fourth-order valence-electron chi connectivity index (χ4n) is 1.78. The van der Waals surface area contributed by atoms with E-state index in [9.17, 15) is 34.2 Å². The van der Waals surface area contributed by atoms with E-state index in [1.54, 1.807) is 0 Å². The van der Waals surface area contributed by atoms with Crippen molar-refractivity contribution in [3.63, 3.8) is 0 Å². The SMILES string of the molecule is C[C@H](NC(=O)[C@@H](NC(=O)[C@H](CO)NC(=O)[C@@H](N)CC(=O)O)[C@@H](C)O)C(=O)O. The van der Waals surface area contributed by atoms with Crippen LogP contribution < -0.4 is 21.7 Å². The Morgan fingerprint density at radius 3 is 1.89 bits per heavy atom. The molecule has 154 valence electrons. The average Bonchev–Trinajstić information content (AvgIpc) is 2.55. The zero-order valence-corrected chi connectivity index (χ0v) is 14.7. The van der Waals surface area contributed by atoms with Crippen molar-refractivity contribution in [2.24, 2.45) is 5.73 Å². The molecule has 9 N–H and O–H groups in total. The normalized spacial score (nSPS) is 16.2. The number of amides is 3. The summed E-state index contributed by atoms with van der Waals surface area (Å²) in [5.41, 5.74) is 5.34. The summed E-state index contributed by atoms with van der Waals surface area (Å²) < 4.78 is 0. The van der Waals surface area contributed by atoms with Gasteiger partial charge < -0.3 is 42.1 Å². The van der Waals surface area contributed by atoms with Crippen LogP contribution >= 0.6 is 0 Å². The van der Waals surface area contributed by atoms with E-state index in [1.165, 1.54) is 6.92 Å². The maximum Gasteiger partial charge on any atom is 0.325 e. The molecule has 0 aromatic heterocycles. The lowest BCUT2D eigenvalue weighted by Crippen LogP contribution is -2.60. The number of hydrogen-bond acceptors (Lipinski definition) is 8. The van der Waals surface area contributed by atoms with Gasteiger partial charge in [-0.3, -0.25) is 24.0 Å². The highest BCUT2D eigenvalue weighted by Gasteiger charge is 2.31. The predicted octanol–water partition coefficient (Wildman–Crippen LogP) is -4.28. The minimum Gasteiger partial charge on any atom is -0.481 e. The molecule has 0 bridgehead atoms. The molecular weight excluding hydrogens is 368 g/mol. The lowest BCUT2D eigenvalue weighted by molar-refractivity contribution is -0.142. The molecule has 0 fully saturated rings. The molecule has 0 aromatic carbocycles. The summed E-state index contributed by atoms with van der Waals surface area (Å²) in [5, 5.41) is 42.4. The monoisotopic (exact) mass is 392 g/mol. The quantitative estimate of drug-likeness (QED) is 0.169. The van der Waals surface area contributed by atoms with E-state index in [0.29, 0.717) is 0 Å². The number of aliphatic carboxylic acids is 2. The molecule has 0 rings (SSSR count). The number of carbonyl (C=O) groups excluding carboxylic acids is 3. The minimum atomic E-state index is -1.58. The largest absolute Gasteiger partial charge is 0.481 e. The molecule has 0 saturated carbocycles. The third-order valence-corrected chi connectivity index (χ3v) is 3.34. The molecule has 0 spiro atoms. The highest BCUT2D eigenvalue weighted by molar-refractivity contribution is 5.94. The maximum absolute atomic E-state index is 12.1. The van der Waals surface area contributed by atoms with Crippen molar-refractivity contribution in [2.75, 3.05) is 6.61 Å². The van der Waals surface area contributed by atoms with Crippen LogP contribution in [0.5, 0.6) is 0 Å². The summed E-state index contributed by atoms with van der Waals surface area (Å²) in [6.45, 7) is 1.42. The number of carbonyl (C=O) groups is 5. The molecule has 0 aliphatic rings. The van der Waals surface area contributed by atoms with Crippen LogP contribution in [-0.2, 0) is 24.0 Å². The van der Waals surface area contributed by atoms with Crippen molar-refractivity contribution in [1.29, 1.82) is 0 Å². The molecule has 0 aromatic rings. The Morgan fingerprint density at radius 1 is 0.926 bits per heavy atom. The summed E-state index contributed by atoms with van der Waals surface area (Å²) >= 11 is 0. The van der Waals surface area contributed by atoms with Gasteiger partial charge in [0.05, 0.1) is 25.2 Å². The molecule has 0 aliphatic heterocycles. The molecule has 0 saturated heterocycles. The van der Waals surface area contributed by atoms with Crippen LogP contribution in [0, 0.1) is 0 Å². The average molecular weight is 392 g/mol. The van der Waals surface area contributed by atoms with Crippen LogP contribution in [0.15, 0.2) is 0 Å². The fourth-order valence-corrected chi connectivity index (χ4v) is 1.78. The lowest BCUT2D eigenvalue weighted by Gasteiger charge is -2.25. The van der Waals surface area contributed by atoms with Gasteiger partial charge in [-0.05, 0) is 13.8 Å². The van der Waals surface area contributed by atoms with Gasteiger partial charge in [-0.2, -0.15) is 0 Å². The van der Waals surface area contributed by atoms with E-state index in [1.807, 2.05) is 5.32 Å². The third kappa shape index (κ3) is 8.44. The number of nitrogens with two attached hydrogens (primary N) is 1. The molecule has 13 nitrogen and oxygen atoms in total. The van der Waals surface area contributed by atoms with Gasteiger partial charge in [0.25, 0.3) is 0 Å². The highest BCUT2D eigenvalue weighted by atomic mass is 16.4. The molecule has 5 atom stereocenters. The predicted molar refractivity (Wildman–Crippen MR) is 88.1 cm³/mol. The van der Waals surface area contributed by atoms with E-state index in [0.717, 1.165) is 6.92 Å². The zero-order chi connectivity index (χ0) is 21.3. The second-order valence-corrected chi connectivity index (χ2v) is 5.74. The number of carboxylic acids is 2. The van der Waals surface area contributed by atoms with Gasteiger partial charge in [0, 0.05) is 0 Å². The number of rotatable bonds is 11. The van der Waals surface area contributed by atoms with Gasteiger partial charge in [0.2, 0.25) is 17.7 Å². The Balaban J connectivity index is 5.02. The Kier molecular flexibility index (Phi) is 9.92. The van der Waals surface area contributed by atoms with Crippen molar-refractivity contribution in [2.45, 2.75) is 50.5 Å². The number of aliphatic hydroxyl groups excluding tert-OH is 2. The summed E-state index contributed by atoms with van der Waals surface area (Å²) in [7, 11) is 0. The molecule has 27 heavy (non-hydrogen) atoms. The number of hydrogen-bond donors (Lipinski definition) is 8. The first kappa shape index (κ1) is 24.2. The van der Waals surface area contributed by atoms with E-state index in [4.69, 9.17) is 15.9 Å². The van der Waals surface area contributed by atoms with Crippen molar-refractivity contribution in [3.8, 4) is 0 Å². The number of carboxylic acid groups (broad SMARTS) is 2. The van der Waals surface area contributed by atoms with Crippen molar-refractivity contribution in [3.05, 3.63) is 0 Å². The fraction of sp³-hybridized carbons (Fsp3) is 0.643. The van der Waals surface area contributed by atoms with Crippen LogP contribution in [-0.4, -0.2) is 87.0 Å². The van der Waals surface area contributed by atoms with Crippen LogP contribution in [0.1, 0.15) is 20.3 Å². The number of aliphatic hydroxyl groups is 2. The summed E-state index contributed by atoms with van der Waals surface area (Å²) in [4.78, 5) is 57.2. The summed E-state index contributed by atoms with van der Waals surface area (Å²) in [6.07, 6.45) is -2.14. The second kappa shape index (κ2) is 11.1. The Hall–Kier alpha value is -2.77. The van der Waals surface area contributed by atoms with Crippen molar-refractivity contribution < 1.29 is 44.4 Å². The first-order chi connectivity index (χ1) is 12.4. The molecule has 0 heterocycles. The Bertz CT molecular complexity index is 581. The van der Waals surface area contributed by atoms with Crippen molar-refractivity contribution >= 4 is 29.7 Å². The Morgan fingerprint density at radius 2 is 1.48 bits per heavy atom. The summed E-state index contributed by atoms with van der Waals surface area (Å²) in [5.74, 6) is -5.78. The number of nitrogens with one attached hydrogen (secondary N) is 3. The molecule has 0 aliphatic carbocycles. The zero-order valence-electron chi connectivity index (χ0n) is 14.7. The van der Waals surface area contributed by atoms with Crippen LogP contribution in [0.4, 0.5) is 0 Å². The lowest BCUT2D eigenvalue weighted by atomic mass is 10.1. The molecule has 0 unspecified atom stereocenters. The van der Waals surface area contributed by atoms with E-state index in [2.05, 4.69) is 10.6 Å². The van der Waals surface area contributed by atoms with Gasteiger partial charge in [-0.1, -0.05) is 0 Å². The molecule has 13 heteroatoms. The topological polar surface area (TPSA) is 228 Å². The van der Waals surface area contributed by atoms with Gasteiger partial charge in [-0.15, -0.1) is 0 Å². The van der Waals surface area contributed by atoms with Gasteiger partial charge in [-0.25, -0.2) is 0 Å². The molecule has 0 radical (unpaired) electrons. The van der Waals surface area contributed by atoms with Crippen LogP contribution in [0.25, 0.3) is 0 Å². The highest BCUT2D eigenvalue weighted by Crippen LogP contribution is 1.98. The maximum atomic E-state index is 12.1. The Labute approximate surface area is 153 Å². The molecule has 3 amide bonds. The van der Waals surface area contributed by atoms with Crippen LogP contribution in [0.2, 0.25) is 0 Å². The van der Waals surface area contributed by atoms with Gasteiger partial charge in [0.15, 0.2) is 0 Å². The van der Waals surface area contributed by atoms with Crippen LogP contribution in [0.3, 0.4) is 0 Å². The second-order valence-electron chi connectivity index (χ2n) is 5.74. The van der Waals surface area contributed by atoms with E-state index >= 15 is 0 Å². The molecular formula is C14H24N4O9. The summed E-state index contributed by atoms with van der Waals surface area (Å²) in [6, 6.07) is -5.92. The van der Waals surface area contributed by atoms with E-state index in [-0.39, 0.29) is 0 Å². The first-order valence-corrected chi connectivity index (χ1v) is 7.80. The van der Waals surface area contributed by atoms with Gasteiger partial charge in [0.1, 0.15) is 18.1 Å². The van der Waals surface area contributed by atoms with E-state index < -0.39 is 73.0 Å². The van der Waals surface area contributed by atoms with Crippen molar-refractivity contribution in [1.82, 2.24) is 16.0 Å². The first-order valence-electron chi connectivity index (χ1n) is 7.80. The third-order valence-electron chi connectivity index (χ3n) is 3.34. The standard InChI is InChI=1S/C14H24N4O9/c1-5(14(26)27)16-13(25)10(6(2)20)18-12(24)8(4-19)17-11(23)7(15)3-9(21)22/h5-8,10,19-20H,3-4,15H2,1-2H3,(H,16,25)(H,17,23)(H,18,24)(H,21,22)(H,26,27)/t5-,6+,7-,8-,10-/m0/s1. The van der Waals surface area contributed by atoms with Gasteiger partial charge >= 0.3 is 11.9 Å².